The van der Waals surface area contributed by atoms with Crippen LogP contribution in [0.1, 0.15) is 28.9 Å². The zero-order valence-electron chi connectivity index (χ0n) is 14.0. The molecule has 25 heavy (non-hydrogen) atoms. The summed E-state index contributed by atoms with van der Waals surface area (Å²) in [5.41, 5.74) is 3.53. The number of carbonyl (C=O) groups excluding carboxylic acids is 1. The van der Waals surface area contributed by atoms with Gasteiger partial charge in [-0.1, -0.05) is 42.5 Å². The molecule has 1 N–H and O–H groups in total. The molecule has 0 atom stereocenters. The predicted molar refractivity (Wildman–Crippen MR) is 96.4 cm³/mol. The van der Waals surface area contributed by atoms with Crippen molar-refractivity contribution in [2.45, 2.75) is 25.8 Å². The van der Waals surface area contributed by atoms with Crippen LogP contribution in [0.3, 0.4) is 0 Å². The fourth-order valence-corrected chi connectivity index (χ4v) is 3.09. The van der Waals surface area contributed by atoms with E-state index in [9.17, 15) is 9.18 Å². The van der Waals surface area contributed by atoms with Gasteiger partial charge in [-0.25, -0.2) is 4.39 Å². The molecule has 3 aromatic rings. The van der Waals surface area contributed by atoms with E-state index in [4.69, 9.17) is 0 Å². The monoisotopic (exact) mass is 334 g/mol. The molecule has 4 heteroatoms. The Morgan fingerprint density at radius 3 is 2.44 bits per heavy atom. The van der Waals surface area contributed by atoms with E-state index in [0.717, 1.165) is 29.8 Å². The van der Waals surface area contributed by atoms with Crippen LogP contribution in [0, 0.1) is 12.7 Å². The molecule has 0 aliphatic heterocycles. The van der Waals surface area contributed by atoms with Gasteiger partial charge in [0.25, 0.3) is 5.91 Å². The molecule has 1 saturated carbocycles. The summed E-state index contributed by atoms with van der Waals surface area (Å²) in [7, 11) is 0. The number of hydrogen-bond acceptors (Lipinski definition) is 1. The van der Waals surface area contributed by atoms with E-state index in [2.05, 4.69) is 5.32 Å². The van der Waals surface area contributed by atoms with Crippen molar-refractivity contribution < 1.29 is 9.18 Å². The summed E-state index contributed by atoms with van der Waals surface area (Å²) in [6.45, 7) is 1.86. The molecule has 0 spiro atoms. The number of amides is 1. The molecule has 0 bridgehead atoms. The number of para-hydroxylation sites is 1. The molecule has 0 radical (unpaired) electrons. The average molecular weight is 334 g/mol. The lowest BCUT2D eigenvalue weighted by molar-refractivity contribution is 0.0950. The fraction of sp³-hybridized carbons (Fsp3) is 0.190. The Hall–Kier alpha value is -2.88. The van der Waals surface area contributed by atoms with E-state index < -0.39 is 0 Å². The normalized spacial score (nSPS) is 13.7. The second kappa shape index (κ2) is 6.20. The van der Waals surface area contributed by atoms with Crippen LogP contribution in [-0.2, 0) is 0 Å². The van der Waals surface area contributed by atoms with E-state index >= 15 is 0 Å². The van der Waals surface area contributed by atoms with Crippen LogP contribution in [0.5, 0.6) is 0 Å². The minimum absolute atomic E-state index is 0.0905. The first-order chi connectivity index (χ1) is 12.1. The summed E-state index contributed by atoms with van der Waals surface area (Å²) < 4.78 is 16.3. The second-order valence-electron chi connectivity index (χ2n) is 6.43. The highest BCUT2D eigenvalue weighted by molar-refractivity contribution is 5.97. The third-order valence-corrected chi connectivity index (χ3v) is 4.57. The van der Waals surface area contributed by atoms with E-state index in [-0.39, 0.29) is 17.8 Å². The van der Waals surface area contributed by atoms with Gasteiger partial charge in [-0.2, -0.15) is 0 Å². The number of nitrogens with zero attached hydrogens (tertiary/aromatic N) is 1. The first kappa shape index (κ1) is 15.6. The van der Waals surface area contributed by atoms with Gasteiger partial charge in [0.1, 0.15) is 5.82 Å². The number of nitrogens with one attached hydrogen (secondary N) is 1. The predicted octanol–water partition coefficient (Wildman–Crippen LogP) is 4.48. The second-order valence-corrected chi connectivity index (χ2v) is 6.43. The van der Waals surface area contributed by atoms with E-state index in [1.54, 1.807) is 18.2 Å². The van der Waals surface area contributed by atoms with Crippen LogP contribution in [0.25, 0.3) is 16.9 Å². The van der Waals surface area contributed by atoms with E-state index in [1.807, 2.05) is 47.9 Å². The van der Waals surface area contributed by atoms with Crippen molar-refractivity contribution in [2.24, 2.45) is 0 Å². The van der Waals surface area contributed by atoms with Gasteiger partial charge in [0, 0.05) is 11.7 Å². The lowest BCUT2D eigenvalue weighted by Crippen LogP contribution is -2.25. The van der Waals surface area contributed by atoms with Crippen LogP contribution in [0.4, 0.5) is 4.39 Å². The molecule has 2 aromatic carbocycles. The van der Waals surface area contributed by atoms with Gasteiger partial charge in [-0.05, 0) is 43.5 Å². The Morgan fingerprint density at radius 1 is 1.08 bits per heavy atom. The number of carbonyl (C=O) groups is 1. The Morgan fingerprint density at radius 2 is 1.76 bits per heavy atom. The van der Waals surface area contributed by atoms with Gasteiger partial charge in [0.15, 0.2) is 0 Å². The van der Waals surface area contributed by atoms with Crippen LogP contribution in [0.15, 0.2) is 60.7 Å². The molecular formula is C21H19FN2O. The molecule has 1 aliphatic rings. The average Bonchev–Trinajstić information content (AvgIpc) is 3.37. The molecule has 4 rings (SSSR count). The molecule has 0 unspecified atom stereocenters. The van der Waals surface area contributed by atoms with Crippen molar-refractivity contribution in [1.82, 2.24) is 9.88 Å². The van der Waals surface area contributed by atoms with Crippen LogP contribution in [0.2, 0.25) is 0 Å². The van der Waals surface area contributed by atoms with E-state index in [1.165, 1.54) is 6.07 Å². The minimum Gasteiger partial charge on any atom is -0.349 e. The Labute approximate surface area is 146 Å². The summed E-state index contributed by atoms with van der Waals surface area (Å²) in [4.78, 5) is 12.6. The number of hydrogen-bond donors (Lipinski definition) is 1. The summed E-state index contributed by atoms with van der Waals surface area (Å²) in [5, 5.41) is 3.02. The Bertz CT molecular complexity index is 926. The maximum atomic E-state index is 14.5. The maximum Gasteiger partial charge on any atom is 0.253 e. The van der Waals surface area contributed by atoms with Crippen molar-refractivity contribution in [3.8, 4) is 16.9 Å². The highest BCUT2D eigenvalue weighted by atomic mass is 19.1. The largest absolute Gasteiger partial charge is 0.349 e. The van der Waals surface area contributed by atoms with Crippen molar-refractivity contribution >= 4 is 5.91 Å². The van der Waals surface area contributed by atoms with Gasteiger partial charge >= 0.3 is 0 Å². The summed E-state index contributed by atoms with van der Waals surface area (Å²) in [6.07, 6.45) is 2.06. The lowest BCUT2D eigenvalue weighted by atomic mass is 10.1. The van der Waals surface area contributed by atoms with Gasteiger partial charge in [0.2, 0.25) is 0 Å². The standard InChI is InChI=1S/C21H19FN2O/c1-14-17(21(25)23-16-11-12-16)13-20(15-7-3-2-4-8-15)24(14)19-10-6-5-9-18(19)22/h2-10,13,16H,11-12H2,1H3,(H,23,25). The van der Waals surface area contributed by atoms with Crippen molar-refractivity contribution in [2.75, 3.05) is 0 Å². The summed E-state index contributed by atoms with van der Waals surface area (Å²) >= 11 is 0. The lowest BCUT2D eigenvalue weighted by Gasteiger charge is -2.13. The maximum absolute atomic E-state index is 14.5. The molecule has 3 nitrogen and oxygen atoms in total. The van der Waals surface area contributed by atoms with Gasteiger partial charge in [-0.3, -0.25) is 4.79 Å². The SMILES string of the molecule is Cc1c(C(=O)NC2CC2)cc(-c2ccccc2)n1-c1ccccc1F. The zero-order valence-corrected chi connectivity index (χ0v) is 14.0. The first-order valence-corrected chi connectivity index (χ1v) is 8.48. The third kappa shape index (κ3) is 2.95. The molecule has 126 valence electrons. The van der Waals surface area contributed by atoms with Gasteiger partial charge < -0.3 is 9.88 Å². The van der Waals surface area contributed by atoms with Crippen molar-refractivity contribution in [3.05, 3.63) is 77.7 Å². The first-order valence-electron chi connectivity index (χ1n) is 8.48. The Balaban J connectivity index is 1.89. The van der Waals surface area contributed by atoms with Crippen LogP contribution in [-0.4, -0.2) is 16.5 Å². The third-order valence-electron chi connectivity index (χ3n) is 4.57. The van der Waals surface area contributed by atoms with Crippen molar-refractivity contribution in [3.63, 3.8) is 0 Å². The van der Waals surface area contributed by atoms with E-state index in [0.29, 0.717) is 11.3 Å². The number of rotatable bonds is 4. The number of aromatic nitrogens is 1. The smallest absolute Gasteiger partial charge is 0.253 e. The summed E-state index contributed by atoms with van der Waals surface area (Å²) in [6, 6.07) is 18.5. The number of halogens is 1. The molecule has 1 aromatic heterocycles. The minimum atomic E-state index is -0.312. The van der Waals surface area contributed by atoms with Crippen LogP contribution >= 0.6 is 0 Å². The molecular weight excluding hydrogens is 315 g/mol. The van der Waals surface area contributed by atoms with Crippen LogP contribution < -0.4 is 5.32 Å². The molecule has 1 fully saturated rings. The topological polar surface area (TPSA) is 34.0 Å². The quantitative estimate of drug-likeness (QED) is 0.750. The highest BCUT2D eigenvalue weighted by Crippen LogP contribution is 2.31. The number of benzene rings is 2. The molecule has 1 heterocycles. The summed E-state index contributed by atoms with van der Waals surface area (Å²) in [5.74, 6) is -0.403. The molecule has 1 amide bonds. The molecule has 1 aliphatic carbocycles. The molecule has 0 saturated heterocycles. The highest BCUT2D eigenvalue weighted by Gasteiger charge is 2.27. The van der Waals surface area contributed by atoms with Gasteiger partial charge in [0.05, 0.1) is 16.9 Å². The van der Waals surface area contributed by atoms with Crippen molar-refractivity contribution in [1.29, 1.82) is 0 Å². The zero-order chi connectivity index (χ0) is 17.4. The Kier molecular flexibility index (Phi) is 3.88. The fourth-order valence-electron chi connectivity index (χ4n) is 3.09. The van der Waals surface area contributed by atoms with Gasteiger partial charge in [-0.15, -0.1) is 0 Å².